The molecule has 1 aromatic rings. The van der Waals surface area contributed by atoms with Gasteiger partial charge >= 0.3 is 0 Å². The van der Waals surface area contributed by atoms with E-state index in [4.69, 9.17) is 4.74 Å². The van der Waals surface area contributed by atoms with Crippen molar-refractivity contribution in [2.75, 3.05) is 7.11 Å². The molecule has 17 heavy (non-hydrogen) atoms. The van der Waals surface area contributed by atoms with Crippen molar-refractivity contribution in [3.63, 3.8) is 0 Å². The molecule has 0 saturated heterocycles. The van der Waals surface area contributed by atoms with Gasteiger partial charge in [0.2, 0.25) is 0 Å². The maximum Gasteiger partial charge on any atom is 0.162 e. The van der Waals surface area contributed by atoms with Crippen LogP contribution in [0.3, 0.4) is 0 Å². The summed E-state index contributed by atoms with van der Waals surface area (Å²) in [6.07, 6.45) is 1.15. The number of para-hydroxylation sites is 1. The summed E-state index contributed by atoms with van der Waals surface area (Å²) in [4.78, 5) is 0. The first-order valence-corrected chi connectivity index (χ1v) is 6.18. The molecule has 0 aliphatic rings. The van der Waals surface area contributed by atoms with E-state index in [1.807, 2.05) is 12.1 Å². The molecule has 3 nitrogen and oxygen atoms in total. The Bertz CT molecular complexity index is 352. The fraction of sp³-hybridized carbons (Fsp3) is 0.571. The lowest BCUT2D eigenvalue weighted by molar-refractivity contribution is 0.362. The van der Waals surface area contributed by atoms with Gasteiger partial charge in [-0.3, -0.25) is 0 Å². The summed E-state index contributed by atoms with van der Waals surface area (Å²) in [6, 6.07) is 6.00. The molecule has 2 atom stereocenters. The summed E-state index contributed by atoms with van der Waals surface area (Å²) in [5.74, 6) is 1.39. The second-order valence-electron chi connectivity index (χ2n) is 4.52. The van der Waals surface area contributed by atoms with Gasteiger partial charge in [0.15, 0.2) is 11.5 Å². The fourth-order valence-electron chi connectivity index (χ4n) is 1.70. The van der Waals surface area contributed by atoms with Crippen molar-refractivity contribution in [2.45, 2.75) is 39.8 Å². The third kappa shape index (κ3) is 3.63. The molecule has 0 amide bonds. The molecule has 0 heterocycles. The lowest BCUT2D eigenvalue weighted by Crippen LogP contribution is -2.31. The van der Waals surface area contributed by atoms with Gasteiger partial charge in [-0.1, -0.05) is 32.4 Å². The first-order valence-electron chi connectivity index (χ1n) is 6.18. The van der Waals surface area contributed by atoms with Gasteiger partial charge in [0.05, 0.1) is 7.11 Å². The molecule has 0 aliphatic heterocycles. The number of ether oxygens (including phenoxy) is 1. The summed E-state index contributed by atoms with van der Waals surface area (Å²) in [5.41, 5.74) is 0.875. The van der Waals surface area contributed by atoms with E-state index >= 15 is 0 Å². The summed E-state index contributed by atoms with van der Waals surface area (Å²) in [5, 5.41) is 13.4. The minimum atomic E-state index is 0.235. The van der Waals surface area contributed by atoms with Crippen molar-refractivity contribution >= 4 is 0 Å². The number of rotatable bonds is 6. The Labute approximate surface area is 104 Å². The Morgan fingerprint density at radius 2 is 2.06 bits per heavy atom. The predicted octanol–water partition coefficient (Wildman–Crippen LogP) is 2.93. The minimum Gasteiger partial charge on any atom is -0.504 e. The predicted molar refractivity (Wildman–Crippen MR) is 70.4 cm³/mol. The maximum absolute atomic E-state index is 9.93. The first-order chi connectivity index (χ1) is 8.10. The Balaban J connectivity index is 2.63. The van der Waals surface area contributed by atoms with Crippen molar-refractivity contribution in [1.82, 2.24) is 5.32 Å². The van der Waals surface area contributed by atoms with E-state index in [9.17, 15) is 5.11 Å². The number of phenols is 1. The van der Waals surface area contributed by atoms with Crippen molar-refractivity contribution in [3.05, 3.63) is 23.8 Å². The van der Waals surface area contributed by atoms with Gasteiger partial charge in [0.1, 0.15) is 0 Å². The largest absolute Gasteiger partial charge is 0.504 e. The van der Waals surface area contributed by atoms with E-state index in [1.54, 1.807) is 13.2 Å². The molecule has 1 aromatic carbocycles. The molecule has 0 bridgehead atoms. The second kappa shape index (κ2) is 6.50. The SMILES string of the molecule is CCC(C)C(C)NCc1cccc(OC)c1O. The standard InChI is InChI=1S/C14H23NO2/c1-5-10(2)11(3)15-9-12-7-6-8-13(17-4)14(12)16/h6-8,10-11,15-16H,5,9H2,1-4H3. The normalized spacial score (nSPS) is 14.4. The molecular formula is C14H23NO2. The van der Waals surface area contributed by atoms with Crippen molar-refractivity contribution in [1.29, 1.82) is 0 Å². The molecule has 0 saturated carbocycles. The van der Waals surface area contributed by atoms with Crippen molar-refractivity contribution in [2.24, 2.45) is 5.92 Å². The van der Waals surface area contributed by atoms with Gasteiger partial charge in [-0.25, -0.2) is 0 Å². The average Bonchev–Trinajstić information content (AvgIpc) is 2.36. The number of phenolic OH excluding ortho intramolecular Hbond substituents is 1. The molecule has 96 valence electrons. The highest BCUT2D eigenvalue weighted by Gasteiger charge is 2.11. The zero-order valence-electron chi connectivity index (χ0n) is 11.2. The summed E-state index contributed by atoms with van der Waals surface area (Å²) in [6.45, 7) is 7.24. The van der Waals surface area contributed by atoms with Crippen LogP contribution in [0.4, 0.5) is 0 Å². The number of benzene rings is 1. The molecule has 0 aromatic heterocycles. The number of aromatic hydroxyl groups is 1. The van der Waals surface area contributed by atoms with E-state index in [0.29, 0.717) is 24.3 Å². The van der Waals surface area contributed by atoms with E-state index in [2.05, 4.69) is 26.1 Å². The molecule has 0 spiro atoms. The van der Waals surface area contributed by atoms with Gasteiger partial charge in [-0.05, 0) is 18.9 Å². The van der Waals surface area contributed by atoms with Gasteiger partial charge < -0.3 is 15.2 Å². The fourth-order valence-corrected chi connectivity index (χ4v) is 1.70. The summed E-state index contributed by atoms with van der Waals surface area (Å²) < 4.78 is 5.08. The molecule has 0 aliphatic carbocycles. The molecule has 0 fully saturated rings. The number of hydrogen-bond donors (Lipinski definition) is 2. The van der Waals surface area contributed by atoms with Crippen LogP contribution >= 0.6 is 0 Å². The van der Waals surface area contributed by atoms with Crippen LogP contribution in [-0.4, -0.2) is 18.3 Å². The van der Waals surface area contributed by atoms with E-state index in [0.717, 1.165) is 12.0 Å². The Morgan fingerprint density at radius 3 is 2.65 bits per heavy atom. The first kappa shape index (κ1) is 13.8. The van der Waals surface area contributed by atoms with E-state index in [1.165, 1.54) is 0 Å². The second-order valence-corrected chi connectivity index (χ2v) is 4.52. The van der Waals surface area contributed by atoms with Crippen LogP contribution in [0.15, 0.2) is 18.2 Å². The Morgan fingerprint density at radius 1 is 1.35 bits per heavy atom. The molecule has 0 radical (unpaired) electrons. The van der Waals surface area contributed by atoms with Gasteiger partial charge in [-0.2, -0.15) is 0 Å². The zero-order valence-corrected chi connectivity index (χ0v) is 11.2. The van der Waals surface area contributed by atoms with Crippen LogP contribution < -0.4 is 10.1 Å². The Kier molecular flexibility index (Phi) is 5.29. The van der Waals surface area contributed by atoms with E-state index < -0.39 is 0 Å². The van der Waals surface area contributed by atoms with Gasteiger partial charge in [-0.15, -0.1) is 0 Å². The Hall–Kier alpha value is -1.22. The van der Waals surface area contributed by atoms with Crippen LogP contribution in [0, 0.1) is 5.92 Å². The van der Waals surface area contributed by atoms with Crippen molar-refractivity contribution in [3.8, 4) is 11.5 Å². The average molecular weight is 237 g/mol. The van der Waals surface area contributed by atoms with E-state index in [-0.39, 0.29) is 5.75 Å². The lowest BCUT2D eigenvalue weighted by Gasteiger charge is -2.20. The minimum absolute atomic E-state index is 0.235. The maximum atomic E-state index is 9.93. The molecule has 3 heteroatoms. The third-order valence-corrected chi connectivity index (χ3v) is 3.41. The van der Waals surface area contributed by atoms with Crippen LogP contribution in [0.1, 0.15) is 32.8 Å². The highest BCUT2D eigenvalue weighted by molar-refractivity contribution is 5.45. The monoisotopic (exact) mass is 237 g/mol. The highest BCUT2D eigenvalue weighted by atomic mass is 16.5. The number of methoxy groups -OCH3 is 1. The van der Waals surface area contributed by atoms with Crippen molar-refractivity contribution < 1.29 is 9.84 Å². The molecule has 2 N–H and O–H groups in total. The molecule has 1 rings (SSSR count). The molecular weight excluding hydrogens is 214 g/mol. The third-order valence-electron chi connectivity index (χ3n) is 3.41. The summed E-state index contributed by atoms with van der Waals surface area (Å²) in [7, 11) is 1.56. The number of hydrogen-bond acceptors (Lipinski definition) is 3. The topological polar surface area (TPSA) is 41.5 Å². The van der Waals surface area contributed by atoms with Crippen LogP contribution in [0.5, 0.6) is 11.5 Å². The van der Waals surface area contributed by atoms with Gasteiger partial charge in [0, 0.05) is 18.2 Å². The smallest absolute Gasteiger partial charge is 0.162 e. The van der Waals surface area contributed by atoms with Crippen LogP contribution in [0.25, 0.3) is 0 Å². The van der Waals surface area contributed by atoms with Crippen LogP contribution in [-0.2, 0) is 6.54 Å². The quantitative estimate of drug-likeness (QED) is 0.799. The van der Waals surface area contributed by atoms with Crippen LogP contribution in [0.2, 0.25) is 0 Å². The zero-order chi connectivity index (χ0) is 12.8. The lowest BCUT2D eigenvalue weighted by atomic mass is 10.0. The summed E-state index contributed by atoms with van der Waals surface area (Å²) >= 11 is 0. The highest BCUT2D eigenvalue weighted by Crippen LogP contribution is 2.29. The van der Waals surface area contributed by atoms with Gasteiger partial charge in [0.25, 0.3) is 0 Å². The molecule has 2 unspecified atom stereocenters. The number of nitrogens with one attached hydrogen (secondary N) is 1.